The summed E-state index contributed by atoms with van der Waals surface area (Å²) in [4.78, 5) is 11.0. The van der Waals surface area contributed by atoms with E-state index in [4.69, 9.17) is 0 Å². The van der Waals surface area contributed by atoms with E-state index in [0.29, 0.717) is 5.75 Å². The van der Waals surface area contributed by atoms with E-state index in [9.17, 15) is 9.90 Å². The van der Waals surface area contributed by atoms with E-state index >= 15 is 0 Å². The molecule has 0 radical (unpaired) electrons. The quantitative estimate of drug-likeness (QED) is 0.709. The van der Waals surface area contributed by atoms with Gasteiger partial charge in [0, 0.05) is 11.3 Å². The molecule has 1 aromatic carbocycles. The van der Waals surface area contributed by atoms with Crippen LogP contribution >= 0.6 is 0 Å². The smallest absolute Gasteiger partial charge is 0.123 e. The lowest BCUT2D eigenvalue weighted by atomic mass is 9.58. The molecule has 1 fully saturated rings. The summed E-state index contributed by atoms with van der Waals surface area (Å²) in [5.41, 5.74) is 2.63. The average molecular weight is 202 g/mol. The molecular formula is C13H14O2. The summed E-state index contributed by atoms with van der Waals surface area (Å²) in [5, 5.41) is 9.52. The van der Waals surface area contributed by atoms with Crippen molar-refractivity contribution in [3.8, 4) is 5.75 Å². The predicted octanol–water partition coefficient (Wildman–Crippen LogP) is 2.19. The number of aldehydes is 1. The molecule has 0 aliphatic heterocycles. The third-order valence-electron chi connectivity index (χ3n) is 4.25. The lowest BCUT2D eigenvalue weighted by molar-refractivity contribution is -0.116. The predicted molar refractivity (Wildman–Crippen MR) is 56.9 cm³/mol. The van der Waals surface area contributed by atoms with Gasteiger partial charge in [-0.2, -0.15) is 0 Å². The van der Waals surface area contributed by atoms with Gasteiger partial charge in [-0.3, -0.25) is 0 Å². The lowest BCUT2D eigenvalue weighted by Crippen LogP contribution is -2.43. The van der Waals surface area contributed by atoms with Gasteiger partial charge in [-0.1, -0.05) is 6.07 Å². The van der Waals surface area contributed by atoms with Gasteiger partial charge in [0.25, 0.3) is 0 Å². The Bertz CT molecular complexity index is 425. The molecule has 0 heterocycles. The molecular weight excluding hydrogens is 188 g/mol. The summed E-state index contributed by atoms with van der Waals surface area (Å²) in [6, 6.07) is 5.60. The number of hydrogen-bond donors (Lipinski definition) is 1. The minimum atomic E-state index is 0.0792. The third-order valence-corrected chi connectivity index (χ3v) is 4.25. The number of fused-ring (bicyclic) bond motifs is 2. The van der Waals surface area contributed by atoms with Crippen molar-refractivity contribution in [1.29, 1.82) is 0 Å². The first kappa shape index (κ1) is 8.96. The average Bonchev–Trinajstić information content (AvgIpc) is 2.57. The highest BCUT2D eigenvalue weighted by Crippen LogP contribution is 2.56. The van der Waals surface area contributed by atoms with Gasteiger partial charge in [0.15, 0.2) is 0 Å². The standard InChI is InChI=1S/C13H14O2/c14-8-10-4-6-13(10)5-3-9-1-2-11(15)7-12(9)13/h1-2,7-8,10,15H,3-6H2/t10-,13-/m0/s1. The molecule has 15 heavy (non-hydrogen) atoms. The summed E-state index contributed by atoms with van der Waals surface area (Å²) in [5.74, 6) is 0.507. The Morgan fingerprint density at radius 1 is 1.40 bits per heavy atom. The maximum atomic E-state index is 11.0. The van der Waals surface area contributed by atoms with Gasteiger partial charge in [-0.15, -0.1) is 0 Å². The first-order valence-corrected chi connectivity index (χ1v) is 5.54. The van der Waals surface area contributed by atoms with E-state index < -0.39 is 0 Å². The van der Waals surface area contributed by atoms with Crippen molar-refractivity contribution in [2.45, 2.75) is 31.1 Å². The molecule has 2 nitrogen and oxygen atoms in total. The van der Waals surface area contributed by atoms with Crippen LogP contribution in [0.4, 0.5) is 0 Å². The first-order valence-electron chi connectivity index (χ1n) is 5.54. The number of phenols is 1. The highest BCUT2D eigenvalue weighted by Gasteiger charge is 2.51. The fourth-order valence-electron chi connectivity index (χ4n) is 3.24. The summed E-state index contributed by atoms with van der Waals surface area (Å²) in [6.07, 6.45) is 5.35. The number of aromatic hydroxyl groups is 1. The minimum absolute atomic E-state index is 0.0792. The van der Waals surface area contributed by atoms with Crippen molar-refractivity contribution in [2.24, 2.45) is 5.92 Å². The summed E-state index contributed by atoms with van der Waals surface area (Å²) in [7, 11) is 0. The number of hydrogen-bond acceptors (Lipinski definition) is 2. The van der Waals surface area contributed by atoms with Gasteiger partial charge in [0.1, 0.15) is 12.0 Å². The summed E-state index contributed by atoms with van der Waals surface area (Å²) < 4.78 is 0. The van der Waals surface area contributed by atoms with Gasteiger partial charge >= 0.3 is 0 Å². The summed E-state index contributed by atoms with van der Waals surface area (Å²) >= 11 is 0. The van der Waals surface area contributed by atoms with Crippen LogP contribution in [0.5, 0.6) is 5.75 Å². The normalized spacial score (nSPS) is 32.4. The Hall–Kier alpha value is -1.31. The SMILES string of the molecule is O=C[C@@H]1CC[C@@]12CCc1ccc(O)cc12. The monoisotopic (exact) mass is 202 g/mol. The van der Waals surface area contributed by atoms with Gasteiger partial charge in [-0.05, 0) is 48.9 Å². The number of rotatable bonds is 1. The van der Waals surface area contributed by atoms with E-state index in [0.717, 1.165) is 32.0 Å². The van der Waals surface area contributed by atoms with Crippen LogP contribution in [-0.4, -0.2) is 11.4 Å². The number of carbonyl (C=O) groups is 1. The molecule has 0 unspecified atom stereocenters. The fourth-order valence-corrected chi connectivity index (χ4v) is 3.24. The van der Waals surface area contributed by atoms with E-state index in [1.165, 1.54) is 11.1 Å². The Balaban J connectivity index is 2.10. The highest BCUT2D eigenvalue weighted by atomic mass is 16.3. The fraction of sp³-hybridized carbons (Fsp3) is 0.462. The Morgan fingerprint density at radius 3 is 2.93 bits per heavy atom. The second kappa shape index (κ2) is 2.84. The molecule has 2 heteroatoms. The maximum absolute atomic E-state index is 11.0. The topological polar surface area (TPSA) is 37.3 Å². The molecule has 0 aromatic heterocycles. The van der Waals surface area contributed by atoms with Crippen LogP contribution in [0, 0.1) is 5.92 Å². The lowest BCUT2D eigenvalue weighted by Gasteiger charge is -2.45. The summed E-state index contributed by atoms with van der Waals surface area (Å²) in [6.45, 7) is 0. The first-order chi connectivity index (χ1) is 7.26. The van der Waals surface area contributed by atoms with Crippen molar-refractivity contribution in [2.75, 3.05) is 0 Å². The van der Waals surface area contributed by atoms with Crippen LogP contribution in [0.25, 0.3) is 0 Å². The molecule has 3 rings (SSSR count). The molecule has 1 N–H and O–H groups in total. The van der Waals surface area contributed by atoms with Gasteiger partial charge in [0.2, 0.25) is 0 Å². The number of carbonyl (C=O) groups excluding carboxylic acids is 1. The van der Waals surface area contributed by atoms with Crippen molar-refractivity contribution < 1.29 is 9.90 Å². The number of aryl methyl sites for hydroxylation is 1. The van der Waals surface area contributed by atoms with Crippen molar-refractivity contribution >= 4 is 6.29 Å². The van der Waals surface area contributed by atoms with E-state index in [1.807, 2.05) is 12.1 Å². The van der Waals surface area contributed by atoms with Crippen LogP contribution in [0.3, 0.4) is 0 Å². The minimum Gasteiger partial charge on any atom is -0.508 e. The number of benzene rings is 1. The van der Waals surface area contributed by atoms with E-state index in [2.05, 4.69) is 0 Å². The van der Waals surface area contributed by atoms with Crippen LogP contribution in [0.2, 0.25) is 0 Å². The zero-order valence-corrected chi connectivity index (χ0v) is 8.57. The van der Waals surface area contributed by atoms with Crippen molar-refractivity contribution in [1.82, 2.24) is 0 Å². The van der Waals surface area contributed by atoms with E-state index in [1.54, 1.807) is 6.07 Å². The van der Waals surface area contributed by atoms with Crippen molar-refractivity contribution in [3.63, 3.8) is 0 Å². The molecule has 2 atom stereocenters. The molecule has 1 saturated carbocycles. The highest BCUT2D eigenvalue weighted by molar-refractivity contribution is 5.62. The maximum Gasteiger partial charge on any atom is 0.123 e. The van der Waals surface area contributed by atoms with Crippen molar-refractivity contribution in [3.05, 3.63) is 29.3 Å². The van der Waals surface area contributed by atoms with Crippen LogP contribution < -0.4 is 0 Å². The molecule has 2 aliphatic rings. The number of phenolic OH excluding ortho intramolecular Hbond substituents is 1. The Kier molecular flexibility index (Phi) is 1.70. The molecule has 0 amide bonds. The second-order valence-corrected chi connectivity index (χ2v) is 4.78. The Labute approximate surface area is 88.9 Å². The zero-order chi connectivity index (χ0) is 10.5. The van der Waals surface area contributed by atoms with E-state index in [-0.39, 0.29) is 11.3 Å². The Morgan fingerprint density at radius 2 is 2.27 bits per heavy atom. The molecule has 1 aromatic rings. The third kappa shape index (κ3) is 1.02. The van der Waals surface area contributed by atoms with Gasteiger partial charge in [-0.25, -0.2) is 0 Å². The van der Waals surface area contributed by atoms with Crippen LogP contribution in [0.15, 0.2) is 18.2 Å². The zero-order valence-electron chi connectivity index (χ0n) is 8.57. The van der Waals surface area contributed by atoms with Crippen LogP contribution in [-0.2, 0) is 16.6 Å². The molecule has 0 saturated heterocycles. The molecule has 1 spiro atoms. The van der Waals surface area contributed by atoms with Gasteiger partial charge in [0.05, 0.1) is 0 Å². The van der Waals surface area contributed by atoms with Gasteiger partial charge < -0.3 is 9.90 Å². The molecule has 0 bridgehead atoms. The molecule has 78 valence electrons. The van der Waals surface area contributed by atoms with Crippen LogP contribution in [0.1, 0.15) is 30.4 Å². The molecule has 2 aliphatic carbocycles. The second-order valence-electron chi connectivity index (χ2n) is 4.78. The largest absolute Gasteiger partial charge is 0.508 e.